The third kappa shape index (κ3) is 4.14. The van der Waals surface area contributed by atoms with Crippen molar-refractivity contribution in [2.75, 3.05) is 11.9 Å². The van der Waals surface area contributed by atoms with E-state index >= 15 is 0 Å². The Morgan fingerprint density at radius 2 is 2.05 bits per heavy atom. The fraction of sp³-hybridized carbons (Fsp3) is 0.250. The molecule has 106 valence electrons. The summed E-state index contributed by atoms with van der Waals surface area (Å²) in [6, 6.07) is 12.2. The van der Waals surface area contributed by atoms with Crippen molar-refractivity contribution in [1.29, 1.82) is 0 Å². The molecule has 0 saturated carbocycles. The molecule has 2 aromatic rings. The molecule has 2 nitrogen and oxygen atoms in total. The standard InChI is InChI=1S/C16H17ClFNO/c1-2-8-20-14-5-3-4-12(9-14)11-19-16-7-6-13(18)10-15(16)17/h3-7,9-10,19H,2,8,11H2,1H3. The second-order valence-corrected chi connectivity index (χ2v) is 4.88. The minimum absolute atomic E-state index is 0.337. The molecule has 0 aliphatic heterocycles. The summed E-state index contributed by atoms with van der Waals surface area (Å²) < 4.78 is 18.5. The summed E-state index contributed by atoms with van der Waals surface area (Å²) >= 11 is 5.97. The van der Waals surface area contributed by atoms with E-state index in [-0.39, 0.29) is 5.82 Å². The lowest BCUT2D eigenvalue weighted by molar-refractivity contribution is 0.317. The van der Waals surface area contributed by atoms with E-state index in [1.807, 2.05) is 24.3 Å². The third-order valence-corrected chi connectivity index (χ3v) is 3.10. The zero-order valence-electron chi connectivity index (χ0n) is 11.3. The molecule has 4 heteroatoms. The van der Waals surface area contributed by atoms with E-state index in [4.69, 9.17) is 16.3 Å². The monoisotopic (exact) mass is 293 g/mol. The van der Waals surface area contributed by atoms with Crippen molar-refractivity contribution in [1.82, 2.24) is 0 Å². The lowest BCUT2D eigenvalue weighted by Gasteiger charge is -2.10. The molecule has 0 bridgehead atoms. The van der Waals surface area contributed by atoms with Crippen LogP contribution in [-0.2, 0) is 6.54 Å². The van der Waals surface area contributed by atoms with Gasteiger partial charge in [-0.25, -0.2) is 4.39 Å². The van der Waals surface area contributed by atoms with Crippen LogP contribution in [0.3, 0.4) is 0 Å². The highest BCUT2D eigenvalue weighted by Gasteiger charge is 2.02. The minimum atomic E-state index is -0.337. The van der Waals surface area contributed by atoms with Gasteiger partial charge in [0.1, 0.15) is 11.6 Å². The SMILES string of the molecule is CCCOc1cccc(CNc2ccc(F)cc2Cl)c1. The summed E-state index contributed by atoms with van der Waals surface area (Å²) in [6.45, 7) is 3.39. The highest BCUT2D eigenvalue weighted by atomic mass is 35.5. The number of benzene rings is 2. The van der Waals surface area contributed by atoms with Crippen molar-refractivity contribution in [2.24, 2.45) is 0 Å². The van der Waals surface area contributed by atoms with Crippen LogP contribution in [-0.4, -0.2) is 6.61 Å². The average molecular weight is 294 g/mol. The predicted molar refractivity (Wildman–Crippen MR) is 81.0 cm³/mol. The number of anilines is 1. The van der Waals surface area contributed by atoms with Crippen LogP contribution in [0.15, 0.2) is 42.5 Å². The van der Waals surface area contributed by atoms with Gasteiger partial charge >= 0.3 is 0 Å². The molecule has 0 heterocycles. The Kier molecular flexibility index (Phi) is 5.24. The second kappa shape index (κ2) is 7.15. The van der Waals surface area contributed by atoms with Gasteiger partial charge in [0, 0.05) is 6.54 Å². The van der Waals surface area contributed by atoms with E-state index in [1.54, 1.807) is 6.07 Å². The van der Waals surface area contributed by atoms with Gasteiger partial charge in [-0.1, -0.05) is 30.7 Å². The molecule has 0 unspecified atom stereocenters. The summed E-state index contributed by atoms with van der Waals surface area (Å²) in [4.78, 5) is 0. The lowest BCUT2D eigenvalue weighted by atomic mass is 10.2. The fourth-order valence-corrected chi connectivity index (χ4v) is 2.03. The first-order valence-corrected chi connectivity index (χ1v) is 6.97. The zero-order chi connectivity index (χ0) is 14.4. The van der Waals surface area contributed by atoms with Gasteiger partial charge in [-0.15, -0.1) is 0 Å². The first-order valence-electron chi connectivity index (χ1n) is 6.59. The number of nitrogens with one attached hydrogen (secondary N) is 1. The smallest absolute Gasteiger partial charge is 0.124 e. The molecule has 0 amide bonds. The van der Waals surface area contributed by atoms with E-state index in [0.717, 1.165) is 17.7 Å². The van der Waals surface area contributed by atoms with Crippen LogP contribution in [0.2, 0.25) is 5.02 Å². The van der Waals surface area contributed by atoms with Gasteiger partial charge in [0.25, 0.3) is 0 Å². The molecular formula is C16H17ClFNO. The Balaban J connectivity index is 1.99. The normalized spacial score (nSPS) is 10.3. The molecule has 20 heavy (non-hydrogen) atoms. The van der Waals surface area contributed by atoms with Crippen molar-refractivity contribution in [3.05, 3.63) is 58.9 Å². The summed E-state index contributed by atoms with van der Waals surface area (Å²) in [5.74, 6) is 0.520. The van der Waals surface area contributed by atoms with Gasteiger partial charge < -0.3 is 10.1 Å². The lowest BCUT2D eigenvalue weighted by Crippen LogP contribution is -2.01. The number of hydrogen-bond acceptors (Lipinski definition) is 2. The molecule has 0 fully saturated rings. The Bertz CT molecular complexity index is 574. The highest BCUT2D eigenvalue weighted by molar-refractivity contribution is 6.33. The Labute approximate surface area is 123 Å². The van der Waals surface area contributed by atoms with E-state index in [9.17, 15) is 4.39 Å². The summed E-state index contributed by atoms with van der Waals surface area (Å²) in [5.41, 5.74) is 1.80. The third-order valence-electron chi connectivity index (χ3n) is 2.79. The zero-order valence-corrected chi connectivity index (χ0v) is 12.1. The number of ether oxygens (including phenoxy) is 1. The van der Waals surface area contributed by atoms with E-state index in [0.29, 0.717) is 23.9 Å². The quantitative estimate of drug-likeness (QED) is 0.819. The maximum atomic E-state index is 13.0. The maximum absolute atomic E-state index is 13.0. The first-order chi connectivity index (χ1) is 9.69. The Morgan fingerprint density at radius 3 is 2.80 bits per heavy atom. The van der Waals surface area contributed by atoms with Gasteiger partial charge in [-0.3, -0.25) is 0 Å². The summed E-state index contributed by atoms with van der Waals surface area (Å²) in [7, 11) is 0. The van der Waals surface area contributed by atoms with Crippen molar-refractivity contribution >= 4 is 17.3 Å². The highest BCUT2D eigenvalue weighted by Crippen LogP contribution is 2.23. The van der Waals surface area contributed by atoms with Crippen LogP contribution >= 0.6 is 11.6 Å². The Morgan fingerprint density at radius 1 is 1.20 bits per heavy atom. The van der Waals surface area contributed by atoms with E-state index in [1.165, 1.54) is 12.1 Å². The van der Waals surface area contributed by atoms with Gasteiger partial charge in [0.05, 0.1) is 17.3 Å². The maximum Gasteiger partial charge on any atom is 0.124 e. The molecule has 0 atom stereocenters. The molecule has 0 radical (unpaired) electrons. The molecule has 0 saturated heterocycles. The second-order valence-electron chi connectivity index (χ2n) is 4.47. The van der Waals surface area contributed by atoms with Crippen LogP contribution in [0.5, 0.6) is 5.75 Å². The van der Waals surface area contributed by atoms with Crippen molar-refractivity contribution in [3.8, 4) is 5.75 Å². The molecule has 1 N–H and O–H groups in total. The van der Waals surface area contributed by atoms with Crippen LogP contribution in [0.25, 0.3) is 0 Å². The van der Waals surface area contributed by atoms with Crippen LogP contribution in [0.4, 0.5) is 10.1 Å². The molecule has 0 aromatic heterocycles. The number of hydrogen-bond donors (Lipinski definition) is 1. The van der Waals surface area contributed by atoms with Gasteiger partial charge in [-0.2, -0.15) is 0 Å². The minimum Gasteiger partial charge on any atom is -0.494 e. The average Bonchev–Trinajstić information content (AvgIpc) is 2.45. The molecular weight excluding hydrogens is 277 g/mol. The van der Waals surface area contributed by atoms with Crippen molar-refractivity contribution in [2.45, 2.75) is 19.9 Å². The number of halogens is 2. The van der Waals surface area contributed by atoms with E-state index in [2.05, 4.69) is 12.2 Å². The van der Waals surface area contributed by atoms with Crippen LogP contribution in [0, 0.1) is 5.82 Å². The predicted octanol–water partition coefficient (Wildman–Crippen LogP) is 4.88. The molecule has 0 spiro atoms. The largest absolute Gasteiger partial charge is 0.494 e. The van der Waals surface area contributed by atoms with E-state index < -0.39 is 0 Å². The van der Waals surface area contributed by atoms with Crippen molar-refractivity contribution in [3.63, 3.8) is 0 Å². The molecule has 0 aliphatic carbocycles. The molecule has 2 rings (SSSR count). The molecule has 0 aliphatic rings. The van der Waals surface area contributed by atoms with Crippen LogP contribution in [0.1, 0.15) is 18.9 Å². The summed E-state index contributed by atoms with van der Waals surface area (Å²) in [5, 5.41) is 3.56. The van der Waals surface area contributed by atoms with Crippen molar-refractivity contribution < 1.29 is 9.13 Å². The van der Waals surface area contributed by atoms with Crippen LogP contribution < -0.4 is 10.1 Å². The van der Waals surface area contributed by atoms with Gasteiger partial charge in [-0.05, 0) is 42.3 Å². The Hall–Kier alpha value is -1.74. The summed E-state index contributed by atoms with van der Waals surface area (Å²) in [6.07, 6.45) is 0.980. The topological polar surface area (TPSA) is 21.3 Å². The molecule has 2 aromatic carbocycles. The van der Waals surface area contributed by atoms with Gasteiger partial charge in [0.2, 0.25) is 0 Å². The fourth-order valence-electron chi connectivity index (χ4n) is 1.80. The number of rotatable bonds is 6. The first kappa shape index (κ1) is 14.7. The van der Waals surface area contributed by atoms with Gasteiger partial charge in [0.15, 0.2) is 0 Å².